The van der Waals surface area contributed by atoms with E-state index in [0.717, 1.165) is 18.7 Å². The van der Waals surface area contributed by atoms with Gasteiger partial charge in [0.1, 0.15) is 5.75 Å². The molecule has 2 aromatic carbocycles. The first kappa shape index (κ1) is 23.5. The third-order valence-electron chi connectivity index (χ3n) is 5.33. The van der Waals surface area contributed by atoms with Gasteiger partial charge in [-0.15, -0.1) is 13.2 Å². The first-order valence-corrected chi connectivity index (χ1v) is 11.5. The molecule has 4 rings (SSSR count). The van der Waals surface area contributed by atoms with Crippen molar-refractivity contribution in [3.63, 3.8) is 0 Å². The van der Waals surface area contributed by atoms with Gasteiger partial charge < -0.3 is 9.47 Å². The lowest BCUT2D eigenvalue weighted by Crippen LogP contribution is -2.43. The van der Waals surface area contributed by atoms with Crippen molar-refractivity contribution in [2.75, 3.05) is 44.3 Å². The maximum absolute atomic E-state index is 13.2. The predicted octanol–water partition coefficient (Wildman–Crippen LogP) is 4.49. The summed E-state index contributed by atoms with van der Waals surface area (Å²) >= 11 is 1.19. The molecule has 10 heteroatoms. The van der Waals surface area contributed by atoms with E-state index in [4.69, 9.17) is 4.74 Å². The van der Waals surface area contributed by atoms with Crippen LogP contribution in [0.1, 0.15) is 12.0 Å². The van der Waals surface area contributed by atoms with Gasteiger partial charge in [0.15, 0.2) is 5.13 Å². The second-order valence-electron chi connectivity index (χ2n) is 7.66. The summed E-state index contributed by atoms with van der Waals surface area (Å²) in [5, 5.41) is 0.473. The summed E-state index contributed by atoms with van der Waals surface area (Å²) < 4.78 is 47.7. The van der Waals surface area contributed by atoms with E-state index in [0.29, 0.717) is 54.5 Å². The van der Waals surface area contributed by atoms with Gasteiger partial charge in [-0.05, 0) is 24.1 Å². The van der Waals surface area contributed by atoms with Gasteiger partial charge in [0.05, 0.1) is 23.4 Å². The number of amides is 1. The van der Waals surface area contributed by atoms with E-state index < -0.39 is 6.36 Å². The lowest BCUT2D eigenvalue weighted by molar-refractivity contribution is -0.274. The Balaban J connectivity index is 1.52. The maximum Gasteiger partial charge on any atom is 0.573 e. The molecular formula is C23H24F3N3O3S. The molecule has 2 heterocycles. The molecule has 0 radical (unpaired) electrons. The number of ether oxygens (including phenoxy) is 2. The normalized spacial score (nSPS) is 15.0. The van der Waals surface area contributed by atoms with Crippen LogP contribution in [-0.2, 0) is 16.0 Å². The molecule has 6 nitrogen and oxygen atoms in total. The van der Waals surface area contributed by atoms with Crippen LogP contribution in [0.4, 0.5) is 18.3 Å². The summed E-state index contributed by atoms with van der Waals surface area (Å²) in [6.07, 6.45) is -3.85. The van der Waals surface area contributed by atoms with E-state index in [1.165, 1.54) is 29.5 Å². The van der Waals surface area contributed by atoms with Crippen LogP contribution in [0.3, 0.4) is 0 Å². The fraction of sp³-hybridized carbons (Fsp3) is 0.391. The second-order valence-corrected chi connectivity index (χ2v) is 8.67. The van der Waals surface area contributed by atoms with Crippen LogP contribution in [0, 0.1) is 0 Å². The first-order chi connectivity index (χ1) is 15.9. The third kappa shape index (κ3) is 6.66. The zero-order valence-corrected chi connectivity index (χ0v) is 18.7. The summed E-state index contributed by atoms with van der Waals surface area (Å²) in [7, 11) is 0. The van der Waals surface area contributed by atoms with Crippen molar-refractivity contribution in [2.24, 2.45) is 0 Å². The molecule has 1 fully saturated rings. The number of fused-ring (bicyclic) bond motifs is 1. The number of carbonyl (C=O) groups is 1. The summed E-state index contributed by atoms with van der Waals surface area (Å²) in [5.74, 6) is -0.376. The second kappa shape index (κ2) is 10.5. The van der Waals surface area contributed by atoms with Crippen molar-refractivity contribution in [3.05, 3.63) is 54.1 Å². The van der Waals surface area contributed by atoms with Gasteiger partial charge in [-0.25, -0.2) is 4.98 Å². The van der Waals surface area contributed by atoms with Crippen LogP contribution >= 0.6 is 11.3 Å². The Morgan fingerprint density at radius 1 is 1.15 bits per heavy atom. The van der Waals surface area contributed by atoms with Gasteiger partial charge in [0.25, 0.3) is 0 Å². The Labute approximate surface area is 193 Å². The zero-order valence-electron chi connectivity index (χ0n) is 17.9. The van der Waals surface area contributed by atoms with Crippen molar-refractivity contribution in [3.8, 4) is 5.75 Å². The van der Waals surface area contributed by atoms with E-state index in [9.17, 15) is 18.0 Å². The Hall–Kier alpha value is -2.69. The van der Waals surface area contributed by atoms with Crippen LogP contribution in [0.15, 0.2) is 48.5 Å². The topological polar surface area (TPSA) is 54.9 Å². The Morgan fingerprint density at radius 3 is 2.64 bits per heavy atom. The molecule has 1 amide bonds. The monoisotopic (exact) mass is 479 g/mol. The molecule has 0 spiro atoms. The fourth-order valence-corrected chi connectivity index (χ4v) is 4.67. The number of benzene rings is 2. The number of hydrogen-bond acceptors (Lipinski definition) is 6. The number of halogens is 3. The van der Waals surface area contributed by atoms with E-state index in [-0.39, 0.29) is 11.7 Å². The summed E-state index contributed by atoms with van der Waals surface area (Å²) in [4.78, 5) is 21.6. The molecule has 0 N–H and O–H groups in total. The molecule has 33 heavy (non-hydrogen) atoms. The van der Waals surface area contributed by atoms with Gasteiger partial charge >= 0.3 is 6.36 Å². The molecule has 0 saturated carbocycles. The molecular weight excluding hydrogens is 455 g/mol. The lowest BCUT2D eigenvalue weighted by Gasteiger charge is -2.29. The SMILES string of the molecule is O=C(CCc1ccccc1)N(CCN1CCOCC1)c1nc2ccc(OC(F)(F)F)cc2s1. The number of aromatic nitrogens is 1. The van der Waals surface area contributed by atoms with E-state index in [1.807, 2.05) is 30.3 Å². The molecule has 1 aliphatic rings. The summed E-state index contributed by atoms with van der Waals surface area (Å²) in [6.45, 7) is 4.02. The van der Waals surface area contributed by atoms with Gasteiger partial charge in [-0.3, -0.25) is 14.6 Å². The molecule has 0 aliphatic carbocycles. The number of rotatable bonds is 8. The van der Waals surface area contributed by atoms with Gasteiger partial charge in [-0.2, -0.15) is 0 Å². The summed E-state index contributed by atoms with van der Waals surface area (Å²) in [5.41, 5.74) is 1.59. The van der Waals surface area contributed by atoms with E-state index in [1.54, 1.807) is 4.90 Å². The number of morpholine rings is 1. The van der Waals surface area contributed by atoms with Crippen LogP contribution in [-0.4, -0.2) is 61.5 Å². The molecule has 176 valence electrons. The molecule has 1 aliphatic heterocycles. The molecule has 0 unspecified atom stereocenters. The third-order valence-corrected chi connectivity index (χ3v) is 6.37. The van der Waals surface area contributed by atoms with Gasteiger partial charge in [0, 0.05) is 38.7 Å². The van der Waals surface area contributed by atoms with Crippen LogP contribution in [0.2, 0.25) is 0 Å². The smallest absolute Gasteiger partial charge is 0.406 e. The minimum atomic E-state index is -4.77. The van der Waals surface area contributed by atoms with Crippen molar-refractivity contribution in [1.82, 2.24) is 9.88 Å². The number of hydrogen-bond donors (Lipinski definition) is 0. The van der Waals surface area contributed by atoms with Crippen molar-refractivity contribution in [2.45, 2.75) is 19.2 Å². The average molecular weight is 480 g/mol. The fourth-order valence-electron chi connectivity index (χ4n) is 3.63. The van der Waals surface area contributed by atoms with Crippen LogP contribution in [0.5, 0.6) is 5.75 Å². The molecule has 0 bridgehead atoms. The Morgan fingerprint density at radius 2 is 1.91 bits per heavy atom. The quantitative estimate of drug-likeness (QED) is 0.477. The number of alkyl halides is 3. The van der Waals surface area contributed by atoms with Crippen molar-refractivity contribution in [1.29, 1.82) is 0 Å². The highest BCUT2D eigenvalue weighted by molar-refractivity contribution is 7.22. The predicted molar refractivity (Wildman–Crippen MR) is 121 cm³/mol. The first-order valence-electron chi connectivity index (χ1n) is 10.7. The zero-order chi connectivity index (χ0) is 23.3. The van der Waals surface area contributed by atoms with Gasteiger partial charge in [0.2, 0.25) is 5.91 Å². The lowest BCUT2D eigenvalue weighted by atomic mass is 10.1. The largest absolute Gasteiger partial charge is 0.573 e. The van der Waals surface area contributed by atoms with Crippen molar-refractivity contribution < 1.29 is 27.4 Å². The highest BCUT2D eigenvalue weighted by atomic mass is 32.1. The average Bonchev–Trinajstić information content (AvgIpc) is 3.21. The molecule has 1 aromatic heterocycles. The number of thiazole rings is 1. The minimum absolute atomic E-state index is 0.0714. The molecule has 1 saturated heterocycles. The van der Waals surface area contributed by atoms with Gasteiger partial charge in [-0.1, -0.05) is 41.7 Å². The maximum atomic E-state index is 13.2. The Kier molecular flexibility index (Phi) is 7.46. The van der Waals surface area contributed by atoms with E-state index in [2.05, 4.69) is 14.6 Å². The number of nitrogens with zero attached hydrogens (tertiary/aromatic N) is 3. The Bertz CT molecular complexity index is 1070. The highest BCUT2D eigenvalue weighted by Gasteiger charge is 2.31. The standard InChI is InChI=1S/C23H24F3N3O3S/c24-23(25,26)32-18-7-8-19-20(16-18)33-22(27-19)29(11-10-28-12-14-31-15-13-28)21(30)9-6-17-4-2-1-3-5-17/h1-5,7-8,16H,6,9-15H2. The number of carbonyl (C=O) groups excluding carboxylic acids is 1. The van der Waals surface area contributed by atoms with E-state index >= 15 is 0 Å². The number of aryl methyl sites for hydroxylation is 1. The number of anilines is 1. The van der Waals surface area contributed by atoms with Crippen LogP contribution in [0.25, 0.3) is 10.2 Å². The minimum Gasteiger partial charge on any atom is -0.406 e. The van der Waals surface area contributed by atoms with Crippen molar-refractivity contribution >= 4 is 32.6 Å². The highest BCUT2D eigenvalue weighted by Crippen LogP contribution is 2.33. The molecule has 0 atom stereocenters. The summed E-state index contributed by atoms with van der Waals surface area (Å²) in [6, 6.07) is 13.8. The van der Waals surface area contributed by atoms with Crippen LogP contribution < -0.4 is 9.64 Å². The molecule has 3 aromatic rings.